The summed E-state index contributed by atoms with van der Waals surface area (Å²) < 4.78 is 0. The standard InChI is InChI=1S/C16H14N2S2/c1-12-11-19-16(17-12)18-13-7-9-15(10-8-13)20-14-5-3-2-4-6-14/h2-11H,1H3,(H,17,18). The van der Waals surface area contributed by atoms with E-state index in [-0.39, 0.29) is 0 Å². The van der Waals surface area contributed by atoms with Gasteiger partial charge in [-0.05, 0) is 43.3 Å². The van der Waals surface area contributed by atoms with E-state index in [4.69, 9.17) is 0 Å². The first-order chi connectivity index (χ1) is 9.79. The normalized spacial score (nSPS) is 10.4. The number of anilines is 2. The molecule has 2 aromatic carbocycles. The molecule has 3 aromatic rings. The van der Waals surface area contributed by atoms with Crippen LogP contribution in [0.5, 0.6) is 0 Å². The number of nitrogens with zero attached hydrogens (tertiary/aromatic N) is 1. The number of hydrogen-bond donors (Lipinski definition) is 1. The SMILES string of the molecule is Cc1csc(Nc2ccc(Sc3ccccc3)cc2)n1. The van der Waals surface area contributed by atoms with Crippen LogP contribution in [0.4, 0.5) is 10.8 Å². The molecule has 0 aliphatic carbocycles. The fourth-order valence-electron chi connectivity index (χ4n) is 1.77. The Morgan fingerprint density at radius 2 is 1.65 bits per heavy atom. The Labute approximate surface area is 126 Å². The molecular formula is C16H14N2S2. The molecule has 100 valence electrons. The molecule has 0 unspecified atom stereocenters. The molecule has 1 aromatic heterocycles. The first-order valence-corrected chi connectivity index (χ1v) is 8.01. The maximum absolute atomic E-state index is 4.40. The van der Waals surface area contributed by atoms with E-state index in [9.17, 15) is 0 Å². The summed E-state index contributed by atoms with van der Waals surface area (Å²) in [6, 6.07) is 18.8. The zero-order chi connectivity index (χ0) is 13.8. The Hall–Kier alpha value is -1.78. The van der Waals surface area contributed by atoms with E-state index < -0.39 is 0 Å². The van der Waals surface area contributed by atoms with E-state index in [0.29, 0.717) is 0 Å². The number of benzene rings is 2. The smallest absolute Gasteiger partial charge is 0.187 e. The van der Waals surface area contributed by atoms with Gasteiger partial charge in [-0.3, -0.25) is 0 Å². The van der Waals surface area contributed by atoms with Crippen molar-refractivity contribution in [2.24, 2.45) is 0 Å². The lowest BCUT2D eigenvalue weighted by atomic mass is 10.3. The van der Waals surface area contributed by atoms with Gasteiger partial charge in [0.1, 0.15) is 0 Å². The number of aryl methyl sites for hydroxylation is 1. The van der Waals surface area contributed by atoms with Gasteiger partial charge in [0.15, 0.2) is 5.13 Å². The van der Waals surface area contributed by atoms with Gasteiger partial charge in [0.05, 0.1) is 5.69 Å². The molecule has 0 saturated carbocycles. The van der Waals surface area contributed by atoms with Crippen molar-refractivity contribution in [3.05, 3.63) is 65.7 Å². The van der Waals surface area contributed by atoms with Gasteiger partial charge in [-0.1, -0.05) is 30.0 Å². The average Bonchev–Trinajstić information content (AvgIpc) is 2.88. The summed E-state index contributed by atoms with van der Waals surface area (Å²) in [5.74, 6) is 0. The maximum Gasteiger partial charge on any atom is 0.187 e. The molecule has 2 nitrogen and oxygen atoms in total. The molecule has 0 aliphatic rings. The Morgan fingerprint density at radius 1 is 0.950 bits per heavy atom. The average molecular weight is 298 g/mol. The fourth-order valence-corrected chi connectivity index (χ4v) is 3.31. The second kappa shape index (κ2) is 6.11. The van der Waals surface area contributed by atoms with Crippen molar-refractivity contribution < 1.29 is 0 Å². The quantitative estimate of drug-likeness (QED) is 0.703. The van der Waals surface area contributed by atoms with E-state index in [0.717, 1.165) is 16.5 Å². The predicted molar refractivity (Wildman–Crippen MR) is 87.1 cm³/mol. The third-order valence-corrected chi connectivity index (χ3v) is 4.59. The molecule has 1 N–H and O–H groups in total. The highest BCUT2D eigenvalue weighted by Gasteiger charge is 2.00. The van der Waals surface area contributed by atoms with Gasteiger partial charge in [-0.15, -0.1) is 11.3 Å². The lowest BCUT2D eigenvalue weighted by Gasteiger charge is -2.05. The van der Waals surface area contributed by atoms with E-state index in [1.54, 1.807) is 23.1 Å². The van der Waals surface area contributed by atoms with E-state index >= 15 is 0 Å². The molecular weight excluding hydrogens is 284 g/mol. The summed E-state index contributed by atoms with van der Waals surface area (Å²) in [6.45, 7) is 2.00. The van der Waals surface area contributed by atoms with Crippen LogP contribution < -0.4 is 5.32 Å². The van der Waals surface area contributed by atoms with Crippen LogP contribution in [0, 0.1) is 6.92 Å². The Balaban J connectivity index is 1.68. The number of nitrogens with one attached hydrogen (secondary N) is 1. The number of aromatic nitrogens is 1. The molecule has 0 bridgehead atoms. The number of thiazole rings is 1. The molecule has 0 aliphatic heterocycles. The third-order valence-electron chi connectivity index (χ3n) is 2.70. The molecule has 0 saturated heterocycles. The van der Waals surface area contributed by atoms with Gasteiger partial charge in [0.2, 0.25) is 0 Å². The number of rotatable bonds is 4. The van der Waals surface area contributed by atoms with Gasteiger partial charge in [-0.25, -0.2) is 4.98 Å². The summed E-state index contributed by atoms with van der Waals surface area (Å²) in [5.41, 5.74) is 2.12. The van der Waals surface area contributed by atoms with Crippen LogP contribution in [-0.4, -0.2) is 4.98 Å². The second-order valence-electron chi connectivity index (χ2n) is 4.36. The zero-order valence-corrected chi connectivity index (χ0v) is 12.7. The highest BCUT2D eigenvalue weighted by molar-refractivity contribution is 7.99. The molecule has 0 fully saturated rings. The molecule has 20 heavy (non-hydrogen) atoms. The Bertz CT molecular complexity index is 675. The van der Waals surface area contributed by atoms with Gasteiger partial charge in [0, 0.05) is 20.9 Å². The largest absolute Gasteiger partial charge is 0.332 e. The van der Waals surface area contributed by atoms with Crippen molar-refractivity contribution in [1.82, 2.24) is 4.98 Å². The number of hydrogen-bond acceptors (Lipinski definition) is 4. The highest BCUT2D eigenvalue weighted by atomic mass is 32.2. The first-order valence-electron chi connectivity index (χ1n) is 6.32. The lowest BCUT2D eigenvalue weighted by molar-refractivity contribution is 1.26. The van der Waals surface area contributed by atoms with Crippen LogP contribution in [0.25, 0.3) is 0 Å². The van der Waals surface area contributed by atoms with Gasteiger partial charge >= 0.3 is 0 Å². The first kappa shape index (κ1) is 13.2. The van der Waals surface area contributed by atoms with Crippen LogP contribution in [-0.2, 0) is 0 Å². The molecule has 0 radical (unpaired) electrons. The van der Waals surface area contributed by atoms with E-state index in [1.165, 1.54) is 9.79 Å². The van der Waals surface area contributed by atoms with Crippen molar-refractivity contribution in [2.45, 2.75) is 16.7 Å². The fraction of sp³-hybridized carbons (Fsp3) is 0.0625. The highest BCUT2D eigenvalue weighted by Crippen LogP contribution is 2.29. The van der Waals surface area contributed by atoms with Crippen LogP contribution in [0.15, 0.2) is 69.8 Å². The van der Waals surface area contributed by atoms with Crippen molar-refractivity contribution in [3.8, 4) is 0 Å². The summed E-state index contributed by atoms with van der Waals surface area (Å²) in [4.78, 5) is 6.89. The molecule has 0 amide bonds. The van der Waals surface area contributed by atoms with Crippen LogP contribution >= 0.6 is 23.1 Å². The van der Waals surface area contributed by atoms with Gasteiger partial charge < -0.3 is 5.32 Å². The Morgan fingerprint density at radius 3 is 2.30 bits per heavy atom. The monoisotopic (exact) mass is 298 g/mol. The minimum atomic E-state index is 0.936. The van der Waals surface area contributed by atoms with Crippen molar-refractivity contribution >= 4 is 33.9 Å². The summed E-state index contributed by atoms with van der Waals surface area (Å²) in [7, 11) is 0. The lowest BCUT2D eigenvalue weighted by Crippen LogP contribution is -1.89. The molecule has 0 atom stereocenters. The maximum atomic E-state index is 4.40. The molecule has 3 rings (SSSR count). The van der Waals surface area contributed by atoms with Crippen molar-refractivity contribution in [2.75, 3.05) is 5.32 Å². The van der Waals surface area contributed by atoms with E-state index in [1.807, 2.05) is 18.4 Å². The second-order valence-corrected chi connectivity index (χ2v) is 6.36. The van der Waals surface area contributed by atoms with Gasteiger partial charge in [0.25, 0.3) is 0 Å². The van der Waals surface area contributed by atoms with E-state index in [2.05, 4.69) is 58.8 Å². The van der Waals surface area contributed by atoms with Crippen LogP contribution in [0.3, 0.4) is 0 Å². The molecule has 4 heteroatoms. The summed E-state index contributed by atoms with van der Waals surface area (Å²) in [5, 5.41) is 6.29. The topological polar surface area (TPSA) is 24.9 Å². The van der Waals surface area contributed by atoms with Crippen molar-refractivity contribution in [3.63, 3.8) is 0 Å². The van der Waals surface area contributed by atoms with Crippen LogP contribution in [0.2, 0.25) is 0 Å². The summed E-state index contributed by atoms with van der Waals surface area (Å²) in [6.07, 6.45) is 0. The molecule has 1 heterocycles. The van der Waals surface area contributed by atoms with Crippen molar-refractivity contribution in [1.29, 1.82) is 0 Å². The third kappa shape index (κ3) is 3.40. The predicted octanol–water partition coefficient (Wildman–Crippen LogP) is 5.35. The Kier molecular flexibility index (Phi) is 4.04. The van der Waals surface area contributed by atoms with Crippen LogP contribution in [0.1, 0.15) is 5.69 Å². The minimum absolute atomic E-state index is 0.936. The molecule has 0 spiro atoms. The van der Waals surface area contributed by atoms with Gasteiger partial charge in [-0.2, -0.15) is 0 Å². The minimum Gasteiger partial charge on any atom is -0.332 e. The zero-order valence-electron chi connectivity index (χ0n) is 11.0. The summed E-state index contributed by atoms with van der Waals surface area (Å²) >= 11 is 3.39.